The quantitative estimate of drug-likeness (QED) is 0.647. The molecule has 16 heavy (non-hydrogen) atoms. The summed E-state index contributed by atoms with van der Waals surface area (Å²) in [4.78, 5) is 0. The number of H-pyrrole nitrogens is 1. The molecule has 0 radical (unpaired) electrons. The van der Waals surface area contributed by atoms with Crippen LogP contribution in [-0.4, -0.2) is 15.4 Å². The molecule has 3 heteroatoms. The number of nitrogens with one attached hydrogen (secondary N) is 1. The van der Waals surface area contributed by atoms with E-state index in [0.717, 1.165) is 17.8 Å². The van der Waals surface area contributed by atoms with Crippen molar-refractivity contribution >= 4 is 0 Å². The molecule has 92 valence electrons. The molecule has 3 nitrogen and oxygen atoms in total. The zero-order chi connectivity index (χ0) is 11.6. The van der Waals surface area contributed by atoms with Gasteiger partial charge < -0.3 is 0 Å². The van der Waals surface area contributed by atoms with E-state index in [1.165, 1.54) is 51.4 Å². The van der Waals surface area contributed by atoms with Crippen LogP contribution in [0.25, 0.3) is 0 Å². The SMILES string of the molecule is CCCCCCCCCCc1n[nH]nc1C. The van der Waals surface area contributed by atoms with Gasteiger partial charge in [0, 0.05) is 0 Å². The second-order valence-electron chi connectivity index (χ2n) is 4.58. The summed E-state index contributed by atoms with van der Waals surface area (Å²) in [6.45, 7) is 4.28. The molecular formula is C13H25N3. The van der Waals surface area contributed by atoms with Gasteiger partial charge in [0.05, 0.1) is 11.4 Å². The van der Waals surface area contributed by atoms with E-state index < -0.39 is 0 Å². The highest BCUT2D eigenvalue weighted by molar-refractivity contribution is 5.05. The highest BCUT2D eigenvalue weighted by atomic mass is 15.3. The van der Waals surface area contributed by atoms with Gasteiger partial charge in [-0.25, -0.2) is 0 Å². The predicted molar refractivity (Wildman–Crippen MR) is 67.4 cm³/mol. The van der Waals surface area contributed by atoms with Crippen LogP contribution in [0, 0.1) is 6.92 Å². The highest BCUT2D eigenvalue weighted by Crippen LogP contribution is 2.10. The van der Waals surface area contributed by atoms with Crippen molar-refractivity contribution in [3.05, 3.63) is 11.4 Å². The lowest BCUT2D eigenvalue weighted by molar-refractivity contribution is 0.573. The van der Waals surface area contributed by atoms with Gasteiger partial charge in [0.25, 0.3) is 0 Å². The van der Waals surface area contributed by atoms with Crippen LogP contribution in [-0.2, 0) is 6.42 Å². The van der Waals surface area contributed by atoms with Crippen LogP contribution in [0.5, 0.6) is 0 Å². The Bertz CT molecular complexity index is 268. The summed E-state index contributed by atoms with van der Waals surface area (Å²) in [5, 5.41) is 10.8. The average Bonchev–Trinajstić information content (AvgIpc) is 2.68. The van der Waals surface area contributed by atoms with Crippen LogP contribution < -0.4 is 0 Å². The fourth-order valence-electron chi connectivity index (χ4n) is 1.97. The van der Waals surface area contributed by atoms with Gasteiger partial charge >= 0.3 is 0 Å². The van der Waals surface area contributed by atoms with Crippen molar-refractivity contribution in [3.8, 4) is 0 Å². The molecule has 0 atom stereocenters. The Morgan fingerprint density at radius 3 is 2.06 bits per heavy atom. The number of aromatic amines is 1. The number of rotatable bonds is 9. The Morgan fingerprint density at radius 2 is 1.50 bits per heavy atom. The number of nitrogens with zero attached hydrogens (tertiary/aromatic N) is 2. The van der Waals surface area contributed by atoms with Crippen molar-refractivity contribution < 1.29 is 0 Å². The van der Waals surface area contributed by atoms with Gasteiger partial charge in [0.15, 0.2) is 0 Å². The third-order valence-electron chi connectivity index (χ3n) is 3.09. The van der Waals surface area contributed by atoms with Gasteiger partial charge in [-0.2, -0.15) is 15.4 Å². The molecule has 0 aliphatic rings. The van der Waals surface area contributed by atoms with Gasteiger partial charge in [-0.15, -0.1) is 0 Å². The van der Waals surface area contributed by atoms with Crippen molar-refractivity contribution in [1.29, 1.82) is 0 Å². The van der Waals surface area contributed by atoms with E-state index in [2.05, 4.69) is 22.3 Å². The Kier molecular flexibility index (Phi) is 6.86. The van der Waals surface area contributed by atoms with E-state index in [1.54, 1.807) is 0 Å². The maximum Gasteiger partial charge on any atom is 0.0853 e. The highest BCUT2D eigenvalue weighted by Gasteiger charge is 2.01. The molecule has 0 unspecified atom stereocenters. The molecule has 1 aromatic heterocycles. The lowest BCUT2D eigenvalue weighted by atomic mass is 10.1. The van der Waals surface area contributed by atoms with Crippen LogP contribution >= 0.6 is 0 Å². The summed E-state index contributed by atoms with van der Waals surface area (Å²) in [5.41, 5.74) is 2.20. The van der Waals surface area contributed by atoms with Gasteiger partial charge in [0.1, 0.15) is 0 Å². The van der Waals surface area contributed by atoms with Crippen LogP contribution in [0.2, 0.25) is 0 Å². The lowest BCUT2D eigenvalue weighted by Crippen LogP contribution is -1.89. The normalized spacial score (nSPS) is 10.9. The zero-order valence-corrected chi connectivity index (χ0v) is 10.8. The van der Waals surface area contributed by atoms with E-state index in [0.29, 0.717) is 0 Å². The first-order valence-corrected chi connectivity index (χ1v) is 6.71. The molecule has 1 N–H and O–H groups in total. The molecule has 0 saturated carbocycles. The molecule has 0 fully saturated rings. The molecule has 0 aromatic carbocycles. The predicted octanol–water partition coefficient (Wildman–Crippen LogP) is 3.80. The summed E-state index contributed by atoms with van der Waals surface area (Å²) in [7, 11) is 0. The summed E-state index contributed by atoms with van der Waals surface area (Å²) >= 11 is 0. The van der Waals surface area contributed by atoms with Crippen molar-refractivity contribution in [2.24, 2.45) is 0 Å². The summed E-state index contributed by atoms with van der Waals surface area (Å²) < 4.78 is 0. The maximum absolute atomic E-state index is 4.14. The second kappa shape index (κ2) is 8.31. The van der Waals surface area contributed by atoms with Gasteiger partial charge in [-0.1, -0.05) is 51.9 Å². The third kappa shape index (κ3) is 5.29. The Balaban J connectivity index is 1.91. The number of aromatic nitrogens is 3. The van der Waals surface area contributed by atoms with Gasteiger partial charge in [-0.05, 0) is 19.8 Å². The number of hydrogen-bond acceptors (Lipinski definition) is 2. The first-order chi connectivity index (χ1) is 7.84. The Morgan fingerprint density at radius 1 is 0.875 bits per heavy atom. The van der Waals surface area contributed by atoms with Crippen molar-refractivity contribution in [2.45, 2.75) is 71.6 Å². The molecule has 0 bridgehead atoms. The number of hydrogen-bond donors (Lipinski definition) is 1. The maximum atomic E-state index is 4.14. The smallest absolute Gasteiger partial charge is 0.0853 e. The minimum atomic E-state index is 1.06. The molecule has 1 rings (SSSR count). The van der Waals surface area contributed by atoms with Crippen molar-refractivity contribution in [2.75, 3.05) is 0 Å². The van der Waals surface area contributed by atoms with Crippen LogP contribution in [0.3, 0.4) is 0 Å². The third-order valence-corrected chi connectivity index (χ3v) is 3.09. The molecule has 0 saturated heterocycles. The van der Waals surface area contributed by atoms with Crippen LogP contribution in [0.15, 0.2) is 0 Å². The van der Waals surface area contributed by atoms with Gasteiger partial charge in [-0.3, -0.25) is 0 Å². The monoisotopic (exact) mass is 223 g/mol. The fourth-order valence-corrected chi connectivity index (χ4v) is 1.97. The molecule has 0 amide bonds. The van der Waals surface area contributed by atoms with Crippen LogP contribution in [0.1, 0.15) is 69.7 Å². The van der Waals surface area contributed by atoms with E-state index >= 15 is 0 Å². The second-order valence-corrected chi connectivity index (χ2v) is 4.58. The van der Waals surface area contributed by atoms with Crippen molar-refractivity contribution in [3.63, 3.8) is 0 Å². The lowest BCUT2D eigenvalue weighted by Gasteiger charge is -2.00. The van der Waals surface area contributed by atoms with Crippen LogP contribution in [0.4, 0.5) is 0 Å². The van der Waals surface area contributed by atoms with E-state index in [1.807, 2.05) is 6.92 Å². The number of aryl methyl sites for hydroxylation is 2. The molecule has 0 aliphatic heterocycles. The number of unbranched alkanes of at least 4 members (excludes halogenated alkanes) is 7. The molecule has 0 aliphatic carbocycles. The largest absolute Gasteiger partial charge is 0.197 e. The first kappa shape index (κ1) is 13.2. The van der Waals surface area contributed by atoms with Gasteiger partial charge in [0.2, 0.25) is 0 Å². The molecule has 1 aromatic rings. The Labute approximate surface area is 99.0 Å². The average molecular weight is 223 g/mol. The van der Waals surface area contributed by atoms with E-state index in [4.69, 9.17) is 0 Å². The standard InChI is InChI=1S/C13H25N3/c1-3-4-5-6-7-8-9-10-11-13-12(2)14-16-15-13/h3-11H2,1-2H3,(H,14,15,16). The summed E-state index contributed by atoms with van der Waals surface area (Å²) in [6.07, 6.45) is 12.0. The van der Waals surface area contributed by atoms with E-state index in [-0.39, 0.29) is 0 Å². The minimum absolute atomic E-state index is 1.06. The molecular weight excluding hydrogens is 198 g/mol. The fraction of sp³-hybridized carbons (Fsp3) is 0.846. The van der Waals surface area contributed by atoms with E-state index in [9.17, 15) is 0 Å². The first-order valence-electron chi connectivity index (χ1n) is 6.71. The summed E-state index contributed by atoms with van der Waals surface area (Å²) in [5.74, 6) is 0. The minimum Gasteiger partial charge on any atom is -0.197 e. The molecule has 1 heterocycles. The molecule has 0 spiro atoms. The Hall–Kier alpha value is -0.860. The summed E-state index contributed by atoms with van der Waals surface area (Å²) in [6, 6.07) is 0. The van der Waals surface area contributed by atoms with Crippen molar-refractivity contribution in [1.82, 2.24) is 15.4 Å². The zero-order valence-electron chi connectivity index (χ0n) is 10.8. The topological polar surface area (TPSA) is 41.6 Å².